The van der Waals surface area contributed by atoms with Crippen LogP contribution in [0.1, 0.15) is 5.56 Å². The molecular formula is C16H14O5. The van der Waals surface area contributed by atoms with Gasteiger partial charge in [-0.25, -0.2) is 0 Å². The van der Waals surface area contributed by atoms with Gasteiger partial charge in [0.2, 0.25) is 6.79 Å². The Hall–Kier alpha value is -2.69. The molecule has 5 nitrogen and oxygen atoms in total. The van der Waals surface area contributed by atoms with Crippen molar-refractivity contribution >= 4 is 5.97 Å². The fourth-order valence-electron chi connectivity index (χ4n) is 2.11. The molecule has 2 aromatic carbocycles. The molecule has 1 heterocycles. The molecule has 0 aliphatic carbocycles. The lowest BCUT2D eigenvalue weighted by atomic mass is 10.1. The van der Waals surface area contributed by atoms with Crippen LogP contribution >= 0.6 is 0 Å². The maximum atomic E-state index is 12.0. The zero-order valence-corrected chi connectivity index (χ0v) is 11.5. The van der Waals surface area contributed by atoms with Crippen LogP contribution in [0.2, 0.25) is 0 Å². The largest absolute Gasteiger partial charge is 0.496 e. The van der Waals surface area contributed by atoms with Crippen molar-refractivity contribution in [3.8, 4) is 23.0 Å². The summed E-state index contributed by atoms with van der Waals surface area (Å²) in [6.07, 6.45) is 0.137. The van der Waals surface area contributed by atoms with Gasteiger partial charge in [-0.3, -0.25) is 4.79 Å². The molecule has 0 saturated carbocycles. The first-order valence-corrected chi connectivity index (χ1v) is 6.48. The van der Waals surface area contributed by atoms with Gasteiger partial charge in [-0.05, 0) is 18.2 Å². The number of hydrogen-bond acceptors (Lipinski definition) is 5. The number of ether oxygens (including phenoxy) is 4. The summed E-state index contributed by atoms with van der Waals surface area (Å²) in [5.41, 5.74) is 0.783. The number of fused-ring (bicyclic) bond motifs is 1. The summed E-state index contributed by atoms with van der Waals surface area (Å²) in [6.45, 7) is 0.188. The first-order chi connectivity index (χ1) is 10.3. The van der Waals surface area contributed by atoms with Gasteiger partial charge in [-0.1, -0.05) is 18.2 Å². The first-order valence-electron chi connectivity index (χ1n) is 6.48. The Labute approximate surface area is 122 Å². The summed E-state index contributed by atoms with van der Waals surface area (Å²) < 4.78 is 21.0. The van der Waals surface area contributed by atoms with Crippen molar-refractivity contribution in [2.45, 2.75) is 6.42 Å². The molecule has 2 aromatic rings. The van der Waals surface area contributed by atoms with Crippen molar-refractivity contribution in [1.82, 2.24) is 0 Å². The second kappa shape index (κ2) is 5.75. The minimum Gasteiger partial charge on any atom is -0.496 e. The summed E-state index contributed by atoms with van der Waals surface area (Å²) >= 11 is 0. The molecule has 0 atom stereocenters. The SMILES string of the molecule is COc1ccccc1CC(=O)Oc1ccc2c(c1)OCO2. The predicted octanol–water partition coefficient (Wildman–Crippen LogP) is 2.57. The van der Waals surface area contributed by atoms with E-state index in [4.69, 9.17) is 18.9 Å². The van der Waals surface area contributed by atoms with Crippen LogP contribution in [0, 0.1) is 0 Å². The summed E-state index contributed by atoms with van der Waals surface area (Å²) in [6, 6.07) is 12.4. The molecule has 1 aliphatic heterocycles. The van der Waals surface area contributed by atoms with Crippen molar-refractivity contribution in [3.63, 3.8) is 0 Å². The number of hydrogen-bond donors (Lipinski definition) is 0. The molecule has 0 amide bonds. The topological polar surface area (TPSA) is 54.0 Å². The molecule has 0 unspecified atom stereocenters. The average molecular weight is 286 g/mol. The molecule has 5 heteroatoms. The normalized spacial score (nSPS) is 12.0. The fraction of sp³-hybridized carbons (Fsp3) is 0.188. The third-order valence-corrected chi connectivity index (χ3v) is 3.10. The van der Waals surface area contributed by atoms with Crippen LogP contribution in [0.25, 0.3) is 0 Å². The van der Waals surface area contributed by atoms with Gasteiger partial charge in [-0.15, -0.1) is 0 Å². The Morgan fingerprint density at radius 3 is 2.81 bits per heavy atom. The van der Waals surface area contributed by atoms with E-state index in [1.54, 1.807) is 25.3 Å². The summed E-state index contributed by atoms with van der Waals surface area (Å²) in [5, 5.41) is 0. The minimum atomic E-state index is -0.363. The second-order valence-electron chi connectivity index (χ2n) is 4.48. The highest BCUT2D eigenvalue weighted by molar-refractivity contribution is 5.76. The van der Waals surface area contributed by atoms with Crippen molar-refractivity contribution in [2.24, 2.45) is 0 Å². The molecule has 1 aliphatic rings. The average Bonchev–Trinajstić information content (AvgIpc) is 2.95. The molecule has 0 radical (unpaired) electrons. The standard InChI is InChI=1S/C16H14O5/c1-18-13-5-3-2-4-11(13)8-16(17)21-12-6-7-14-15(9-12)20-10-19-14/h2-7,9H,8,10H2,1H3. The lowest BCUT2D eigenvalue weighted by molar-refractivity contribution is -0.133. The van der Waals surface area contributed by atoms with Crippen LogP contribution in [0.3, 0.4) is 0 Å². The molecule has 3 rings (SSSR count). The van der Waals surface area contributed by atoms with Gasteiger partial charge in [0, 0.05) is 11.6 Å². The Morgan fingerprint density at radius 1 is 1.14 bits per heavy atom. The number of para-hydroxylation sites is 1. The number of methoxy groups -OCH3 is 1. The van der Waals surface area contributed by atoms with E-state index in [0.29, 0.717) is 23.0 Å². The van der Waals surface area contributed by atoms with Gasteiger partial charge in [-0.2, -0.15) is 0 Å². The number of benzene rings is 2. The van der Waals surface area contributed by atoms with E-state index in [0.717, 1.165) is 5.56 Å². The zero-order chi connectivity index (χ0) is 14.7. The molecule has 108 valence electrons. The molecule has 0 spiro atoms. The van der Waals surface area contributed by atoms with Crippen molar-refractivity contribution in [3.05, 3.63) is 48.0 Å². The predicted molar refractivity (Wildman–Crippen MR) is 74.9 cm³/mol. The van der Waals surface area contributed by atoms with E-state index in [1.165, 1.54) is 0 Å². The molecule has 0 bridgehead atoms. The smallest absolute Gasteiger partial charge is 0.315 e. The number of carbonyl (C=O) groups is 1. The Balaban J connectivity index is 1.69. The molecular weight excluding hydrogens is 272 g/mol. The first kappa shape index (κ1) is 13.3. The third-order valence-electron chi connectivity index (χ3n) is 3.10. The van der Waals surface area contributed by atoms with Crippen LogP contribution in [0.15, 0.2) is 42.5 Å². The van der Waals surface area contributed by atoms with Crippen molar-refractivity contribution < 1.29 is 23.7 Å². The van der Waals surface area contributed by atoms with Crippen molar-refractivity contribution in [1.29, 1.82) is 0 Å². The highest BCUT2D eigenvalue weighted by Gasteiger charge is 2.16. The lowest BCUT2D eigenvalue weighted by Crippen LogP contribution is -2.11. The van der Waals surface area contributed by atoms with Gasteiger partial charge < -0.3 is 18.9 Å². The lowest BCUT2D eigenvalue weighted by Gasteiger charge is -2.08. The van der Waals surface area contributed by atoms with E-state index in [-0.39, 0.29) is 19.2 Å². The Kier molecular flexibility index (Phi) is 3.64. The zero-order valence-electron chi connectivity index (χ0n) is 11.5. The number of carbonyl (C=O) groups excluding carboxylic acids is 1. The highest BCUT2D eigenvalue weighted by atomic mass is 16.7. The Morgan fingerprint density at radius 2 is 1.95 bits per heavy atom. The van der Waals surface area contributed by atoms with Gasteiger partial charge in [0.25, 0.3) is 0 Å². The summed E-state index contributed by atoms with van der Waals surface area (Å²) in [4.78, 5) is 12.0. The Bertz CT molecular complexity index is 665. The summed E-state index contributed by atoms with van der Waals surface area (Å²) in [5.74, 6) is 1.97. The molecule has 0 aromatic heterocycles. The summed E-state index contributed by atoms with van der Waals surface area (Å²) in [7, 11) is 1.57. The molecule has 0 N–H and O–H groups in total. The van der Waals surface area contributed by atoms with Gasteiger partial charge in [0.05, 0.1) is 13.5 Å². The van der Waals surface area contributed by atoms with E-state index in [1.807, 2.05) is 24.3 Å². The minimum absolute atomic E-state index is 0.137. The van der Waals surface area contributed by atoms with E-state index in [9.17, 15) is 4.79 Å². The van der Waals surface area contributed by atoms with Gasteiger partial charge in [0.1, 0.15) is 11.5 Å². The maximum absolute atomic E-state index is 12.0. The van der Waals surface area contributed by atoms with E-state index < -0.39 is 0 Å². The quantitative estimate of drug-likeness (QED) is 0.638. The number of rotatable bonds is 4. The number of esters is 1. The monoisotopic (exact) mass is 286 g/mol. The van der Waals surface area contributed by atoms with Crippen LogP contribution < -0.4 is 18.9 Å². The maximum Gasteiger partial charge on any atom is 0.315 e. The van der Waals surface area contributed by atoms with Crippen LogP contribution in [-0.2, 0) is 11.2 Å². The molecule has 0 fully saturated rings. The van der Waals surface area contributed by atoms with Crippen LogP contribution in [0.4, 0.5) is 0 Å². The van der Waals surface area contributed by atoms with Crippen LogP contribution in [-0.4, -0.2) is 19.9 Å². The van der Waals surface area contributed by atoms with Crippen LogP contribution in [0.5, 0.6) is 23.0 Å². The highest BCUT2D eigenvalue weighted by Crippen LogP contribution is 2.35. The van der Waals surface area contributed by atoms with E-state index >= 15 is 0 Å². The van der Waals surface area contributed by atoms with Gasteiger partial charge >= 0.3 is 5.97 Å². The third kappa shape index (κ3) is 2.91. The van der Waals surface area contributed by atoms with Crippen molar-refractivity contribution in [2.75, 3.05) is 13.9 Å². The van der Waals surface area contributed by atoms with Gasteiger partial charge in [0.15, 0.2) is 11.5 Å². The second-order valence-corrected chi connectivity index (χ2v) is 4.48. The molecule has 0 saturated heterocycles. The molecule has 21 heavy (non-hydrogen) atoms. The fourth-order valence-corrected chi connectivity index (χ4v) is 2.11. The van der Waals surface area contributed by atoms with E-state index in [2.05, 4.69) is 0 Å².